The number of likely N-dealkylation sites (N-methyl/N-ethyl adjacent to an activating group) is 1. The van der Waals surface area contributed by atoms with Crippen molar-refractivity contribution in [3.8, 4) is 0 Å². The van der Waals surface area contributed by atoms with Crippen molar-refractivity contribution in [1.82, 2.24) is 4.90 Å². The highest BCUT2D eigenvalue weighted by Crippen LogP contribution is 2.29. The van der Waals surface area contributed by atoms with E-state index >= 15 is 0 Å². The quantitative estimate of drug-likeness (QED) is 0.684. The monoisotopic (exact) mass is 305 g/mol. The third-order valence-electron chi connectivity index (χ3n) is 3.56. The second-order valence-corrected chi connectivity index (χ2v) is 7.11. The van der Waals surface area contributed by atoms with Gasteiger partial charge in [0.2, 0.25) is 0 Å². The summed E-state index contributed by atoms with van der Waals surface area (Å²) in [6.07, 6.45) is 6.98. The van der Waals surface area contributed by atoms with Crippen molar-refractivity contribution in [2.45, 2.75) is 17.4 Å². The lowest BCUT2D eigenvalue weighted by atomic mass is 10.1. The molecule has 0 aliphatic heterocycles. The fraction of sp³-hybridized carbons (Fsp3) is 0.375. The zero-order chi connectivity index (χ0) is 15.6. The summed E-state index contributed by atoms with van der Waals surface area (Å²) in [5.74, 6) is 0. The van der Waals surface area contributed by atoms with Gasteiger partial charge in [0.1, 0.15) is 0 Å². The number of allylic oxidation sites excluding steroid dienone is 2. The maximum absolute atomic E-state index is 12.9. The summed E-state index contributed by atoms with van der Waals surface area (Å²) >= 11 is 0. The maximum atomic E-state index is 12.9. The van der Waals surface area contributed by atoms with Gasteiger partial charge in [-0.05, 0) is 38.7 Å². The first-order valence-corrected chi connectivity index (χ1v) is 8.07. The zero-order valence-corrected chi connectivity index (χ0v) is 13.9. The van der Waals surface area contributed by atoms with E-state index in [-0.39, 0.29) is 6.04 Å². The molecule has 2 unspecified atom stereocenters. The predicted octanol–water partition coefficient (Wildman–Crippen LogP) is 2.22. The van der Waals surface area contributed by atoms with Gasteiger partial charge in [-0.1, -0.05) is 18.2 Å². The lowest BCUT2D eigenvalue weighted by Crippen LogP contribution is -2.26. The first kappa shape index (κ1) is 15.8. The van der Waals surface area contributed by atoms with Crippen molar-refractivity contribution in [2.24, 2.45) is 0 Å². The van der Waals surface area contributed by atoms with E-state index in [9.17, 15) is 4.21 Å². The highest BCUT2D eigenvalue weighted by atomic mass is 32.2. The Hall–Kier alpha value is -1.59. The Morgan fingerprint density at radius 2 is 1.95 bits per heavy atom. The molecule has 1 aromatic rings. The van der Waals surface area contributed by atoms with E-state index in [1.54, 1.807) is 0 Å². The second-order valence-electron chi connectivity index (χ2n) is 5.60. The SMILES string of the molecule is CN(C)c1ccc(N)c(S(=O)C2=CC(N(C)C)C=CC2)c1. The first-order chi connectivity index (χ1) is 9.90. The Morgan fingerprint density at radius 1 is 1.24 bits per heavy atom. The lowest BCUT2D eigenvalue weighted by Gasteiger charge is -2.22. The van der Waals surface area contributed by atoms with Gasteiger partial charge in [0.05, 0.1) is 15.7 Å². The standard InChI is InChI=1S/C16H23N3OS/c1-18(2)12-6-5-7-14(10-12)21(20)16-11-13(19(3)4)8-9-15(16)17/h5-6,8-12H,7,17H2,1-4H3. The predicted molar refractivity (Wildman–Crippen MR) is 90.9 cm³/mol. The maximum Gasteiger partial charge on any atom is 0.0830 e. The van der Waals surface area contributed by atoms with Crippen LogP contribution in [0.15, 0.2) is 46.2 Å². The summed E-state index contributed by atoms with van der Waals surface area (Å²) in [6.45, 7) is 0. The molecule has 0 saturated heterocycles. The van der Waals surface area contributed by atoms with Crippen molar-refractivity contribution in [2.75, 3.05) is 38.8 Å². The number of nitrogens with two attached hydrogens (primary N) is 1. The van der Waals surface area contributed by atoms with Gasteiger partial charge < -0.3 is 10.6 Å². The summed E-state index contributed by atoms with van der Waals surface area (Å²) in [5.41, 5.74) is 7.61. The zero-order valence-electron chi connectivity index (χ0n) is 13.0. The molecule has 2 atom stereocenters. The molecule has 1 aliphatic rings. The van der Waals surface area contributed by atoms with Crippen molar-refractivity contribution in [1.29, 1.82) is 0 Å². The van der Waals surface area contributed by atoms with Crippen LogP contribution in [0.4, 0.5) is 11.4 Å². The highest BCUT2D eigenvalue weighted by molar-refractivity contribution is 7.89. The molecule has 0 amide bonds. The smallest absolute Gasteiger partial charge is 0.0830 e. The highest BCUT2D eigenvalue weighted by Gasteiger charge is 2.18. The molecule has 0 heterocycles. The minimum absolute atomic E-state index is 0.191. The van der Waals surface area contributed by atoms with Gasteiger partial charge in [-0.15, -0.1) is 0 Å². The van der Waals surface area contributed by atoms with Gasteiger partial charge in [-0.25, -0.2) is 4.21 Å². The van der Waals surface area contributed by atoms with Gasteiger partial charge in [-0.3, -0.25) is 4.90 Å². The van der Waals surface area contributed by atoms with Crippen molar-refractivity contribution in [3.05, 3.63) is 41.3 Å². The van der Waals surface area contributed by atoms with E-state index in [0.717, 1.165) is 10.6 Å². The third-order valence-corrected chi connectivity index (χ3v) is 5.09. The van der Waals surface area contributed by atoms with Crippen molar-refractivity contribution >= 4 is 22.2 Å². The fourth-order valence-corrected chi connectivity index (χ4v) is 3.50. The molecule has 0 fully saturated rings. The molecule has 5 heteroatoms. The summed E-state index contributed by atoms with van der Waals surface area (Å²) in [6, 6.07) is 5.87. The topological polar surface area (TPSA) is 49.6 Å². The number of hydrogen-bond donors (Lipinski definition) is 1. The molecule has 2 N–H and O–H groups in total. The first-order valence-electron chi connectivity index (χ1n) is 6.92. The average molecular weight is 305 g/mol. The number of benzene rings is 1. The van der Waals surface area contributed by atoms with Crippen molar-refractivity contribution < 1.29 is 4.21 Å². The summed E-state index contributed by atoms with van der Waals surface area (Å²) in [5, 5.41) is 0. The lowest BCUT2D eigenvalue weighted by molar-refractivity contribution is 0.388. The Labute approximate surface area is 129 Å². The Bertz CT molecular complexity index is 606. The molecule has 1 aromatic carbocycles. The molecule has 0 bridgehead atoms. The summed E-state index contributed by atoms with van der Waals surface area (Å²) in [7, 11) is 6.73. The average Bonchev–Trinajstić information content (AvgIpc) is 2.47. The number of anilines is 2. The minimum atomic E-state index is -1.21. The van der Waals surface area contributed by atoms with E-state index in [1.807, 2.05) is 51.3 Å². The second kappa shape index (κ2) is 6.45. The minimum Gasteiger partial charge on any atom is -0.398 e. The van der Waals surface area contributed by atoms with Crippen LogP contribution in [0.25, 0.3) is 0 Å². The number of nitrogen functional groups attached to an aromatic ring is 1. The molecule has 0 saturated carbocycles. The van der Waals surface area contributed by atoms with Gasteiger partial charge in [0, 0.05) is 36.4 Å². The largest absolute Gasteiger partial charge is 0.398 e. The van der Waals surface area contributed by atoms with Gasteiger partial charge in [0.15, 0.2) is 0 Å². The van der Waals surface area contributed by atoms with Crippen LogP contribution in [0.1, 0.15) is 6.42 Å². The molecule has 2 rings (SSSR count). The number of rotatable bonds is 4. The van der Waals surface area contributed by atoms with E-state index in [4.69, 9.17) is 5.73 Å². The molecule has 114 valence electrons. The summed E-state index contributed by atoms with van der Waals surface area (Å²) < 4.78 is 12.9. The van der Waals surface area contributed by atoms with Gasteiger partial charge >= 0.3 is 0 Å². The Kier molecular flexibility index (Phi) is 4.85. The van der Waals surface area contributed by atoms with Crippen molar-refractivity contribution in [3.63, 3.8) is 0 Å². The van der Waals surface area contributed by atoms with Crippen LogP contribution in [-0.2, 0) is 10.8 Å². The molecule has 0 radical (unpaired) electrons. The number of nitrogens with zero attached hydrogens (tertiary/aromatic N) is 2. The van der Waals surface area contributed by atoms with Crippen LogP contribution in [0.5, 0.6) is 0 Å². The van der Waals surface area contributed by atoms with Crippen LogP contribution >= 0.6 is 0 Å². The van der Waals surface area contributed by atoms with Gasteiger partial charge in [-0.2, -0.15) is 0 Å². The molecule has 21 heavy (non-hydrogen) atoms. The van der Waals surface area contributed by atoms with E-state index in [1.165, 1.54) is 0 Å². The number of hydrogen-bond acceptors (Lipinski definition) is 4. The Balaban J connectivity index is 2.34. The summed E-state index contributed by atoms with van der Waals surface area (Å²) in [4.78, 5) is 5.68. The normalized spacial score (nSPS) is 19.5. The van der Waals surface area contributed by atoms with Crippen LogP contribution in [0.3, 0.4) is 0 Å². The Morgan fingerprint density at radius 3 is 2.57 bits per heavy atom. The molecule has 0 aromatic heterocycles. The van der Waals surface area contributed by atoms with Crippen LogP contribution in [0, 0.1) is 0 Å². The molecular formula is C16H23N3OS. The van der Waals surface area contributed by atoms with Crippen LogP contribution in [-0.4, -0.2) is 43.3 Å². The molecule has 1 aliphatic carbocycles. The van der Waals surface area contributed by atoms with Crippen LogP contribution < -0.4 is 10.6 Å². The molecular weight excluding hydrogens is 282 g/mol. The molecule has 0 spiro atoms. The molecule has 4 nitrogen and oxygen atoms in total. The van der Waals surface area contributed by atoms with Crippen LogP contribution in [0.2, 0.25) is 0 Å². The third kappa shape index (κ3) is 3.54. The van der Waals surface area contributed by atoms with Gasteiger partial charge in [0.25, 0.3) is 0 Å². The van der Waals surface area contributed by atoms with E-state index < -0.39 is 10.8 Å². The van der Waals surface area contributed by atoms with E-state index in [0.29, 0.717) is 17.0 Å². The fourth-order valence-electron chi connectivity index (χ4n) is 2.20. The van der Waals surface area contributed by atoms with E-state index in [2.05, 4.69) is 23.1 Å².